The van der Waals surface area contributed by atoms with Crippen LogP contribution in [0.15, 0.2) is 24.3 Å². The first-order valence-corrected chi connectivity index (χ1v) is 8.84. The standard InChI is InChI=1S/C20H32O2/c1-6-19(4)12-13-7-8-15-18(2,3)10-9-16(21)20(15,5)14(13)11-17(19)22/h6-7,14-17,21-22H,1,8-12H2,2-5H3. The second kappa shape index (κ2) is 4.95. The first-order valence-electron chi connectivity index (χ1n) is 8.84. The van der Waals surface area contributed by atoms with E-state index in [1.807, 2.05) is 6.08 Å². The molecular formula is C20H32O2. The molecule has 2 nitrogen and oxygen atoms in total. The van der Waals surface area contributed by atoms with Gasteiger partial charge in [0, 0.05) is 10.8 Å². The van der Waals surface area contributed by atoms with Crippen molar-refractivity contribution in [3.05, 3.63) is 24.3 Å². The molecule has 0 radical (unpaired) electrons. The third-order valence-electron chi connectivity index (χ3n) is 7.56. The van der Waals surface area contributed by atoms with Gasteiger partial charge in [0.15, 0.2) is 0 Å². The Labute approximate surface area is 135 Å². The predicted molar refractivity (Wildman–Crippen MR) is 90.4 cm³/mol. The summed E-state index contributed by atoms with van der Waals surface area (Å²) >= 11 is 0. The SMILES string of the molecule is C=CC1(C)CC2=CCC3C(C)(C)CCC(O)C3(C)C2CC1O. The van der Waals surface area contributed by atoms with Gasteiger partial charge in [-0.1, -0.05) is 45.4 Å². The maximum atomic E-state index is 10.9. The lowest BCUT2D eigenvalue weighted by Gasteiger charge is -2.61. The second-order valence-corrected chi connectivity index (χ2v) is 9.17. The zero-order chi connectivity index (χ0) is 16.3. The molecule has 3 aliphatic rings. The number of hydrogen-bond acceptors (Lipinski definition) is 2. The van der Waals surface area contributed by atoms with Crippen molar-refractivity contribution in [2.24, 2.45) is 28.1 Å². The van der Waals surface area contributed by atoms with Crippen molar-refractivity contribution in [1.29, 1.82) is 0 Å². The predicted octanol–water partition coefficient (Wildman–Crippen LogP) is 4.08. The van der Waals surface area contributed by atoms with Crippen molar-refractivity contribution in [2.75, 3.05) is 0 Å². The van der Waals surface area contributed by atoms with Crippen molar-refractivity contribution in [2.45, 2.75) is 72.0 Å². The lowest BCUT2D eigenvalue weighted by atomic mass is 9.44. The van der Waals surface area contributed by atoms with Gasteiger partial charge in [0.25, 0.3) is 0 Å². The highest BCUT2D eigenvalue weighted by Crippen LogP contribution is 2.63. The van der Waals surface area contributed by atoms with Crippen LogP contribution in [0.2, 0.25) is 0 Å². The fourth-order valence-corrected chi connectivity index (χ4v) is 5.79. The summed E-state index contributed by atoms with van der Waals surface area (Å²) in [5.74, 6) is 0.807. The average molecular weight is 304 g/mol. The molecule has 0 aromatic heterocycles. The molecule has 22 heavy (non-hydrogen) atoms. The van der Waals surface area contributed by atoms with Gasteiger partial charge in [-0.3, -0.25) is 0 Å². The van der Waals surface area contributed by atoms with E-state index in [0.29, 0.717) is 11.8 Å². The molecule has 0 heterocycles. The molecule has 0 amide bonds. The first-order chi connectivity index (χ1) is 10.1. The van der Waals surface area contributed by atoms with E-state index in [0.717, 1.165) is 32.1 Å². The van der Waals surface area contributed by atoms with Crippen LogP contribution in [0.25, 0.3) is 0 Å². The molecule has 0 aromatic carbocycles. The van der Waals surface area contributed by atoms with Gasteiger partial charge < -0.3 is 10.2 Å². The summed E-state index contributed by atoms with van der Waals surface area (Å²) in [7, 11) is 0. The minimum absolute atomic E-state index is 0.102. The van der Waals surface area contributed by atoms with Crippen LogP contribution in [0, 0.1) is 28.1 Å². The van der Waals surface area contributed by atoms with Gasteiger partial charge in [-0.15, -0.1) is 6.58 Å². The number of aliphatic hydroxyl groups is 2. The first kappa shape index (κ1) is 16.3. The van der Waals surface area contributed by atoms with E-state index < -0.39 is 0 Å². The summed E-state index contributed by atoms with van der Waals surface area (Å²) in [4.78, 5) is 0. The third kappa shape index (κ3) is 2.06. The van der Waals surface area contributed by atoms with E-state index in [-0.39, 0.29) is 28.5 Å². The molecule has 2 N–H and O–H groups in total. The monoisotopic (exact) mass is 304 g/mol. The molecule has 3 aliphatic carbocycles. The van der Waals surface area contributed by atoms with Crippen molar-refractivity contribution in [1.82, 2.24) is 0 Å². The molecule has 6 atom stereocenters. The Morgan fingerprint density at radius 1 is 1.18 bits per heavy atom. The molecule has 2 fully saturated rings. The summed E-state index contributed by atoms with van der Waals surface area (Å²) in [6.45, 7) is 13.0. The Balaban J connectivity index is 2.02. The highest BCUT2D eigenvalue weighted by Gasteiger charge is 2.59. The van der Waals surface area contributed by atoms with Crippen LogP contribution >= 0.6 is 0 Å². The molecule has 2 heteroatoms. The van der Waals surface area contributed by atoms with Crippen LogP contribution in [-0.4, -0.2) is 22.4 Å². The summed E-state index contributed by atoms with van der Waals surface area (Å²) < 4.78 is 0. The number of fused-ring (bicyclic) bond motifs is 3. The lowest BCUT2D eigenvalue weighted by Crippen LogP contribution is -2.58. The van der Waals surface area contributed by atoms with Crippen LogP contribution < -0.4 is 0 Å². The van der Waals surface area contributed by atoms with E-state index in [1.54, 1.807) is 0 Å². The summed E-state index contributed by atoms with van der Waals surface area (Å²) in [5.41, 5.74) is 1.39. The van der Waals surface area contributed by atoms with E-state index in [9.17, 15) is 10.2 Å². The molecule has 0 aromatic rings. The van der Waals surface area contributed by atoms with Crippen LogP contribution in [0.1, 0.15) is 59.8 Å². The van der Waals surface area contributed by atoms with Gasteiger partial charge in [0.2, 0.25) is 0 Å². The highest BCUT2D eigenvalue weighted by molar-refractivity contribution is 5.27. The minimum atomic E-state index is -0.361. The third-order valence-corrected chi connectivity index (χ3v) is 7.56. The molecule has 3 rings (SSSR count). The summed E-state index contributed by atoms with van der Waals surface area (Å²) in [5, 5.41) is 21.6. The van der Waals surface area contributed by atoms with Crippen molar-refractivity contribution >= 4 is 0 Å². The van der Waals surface area contributed by atoms with E-state index >= 15 is 0 Å². The zero-order valence-electron chi connectivity index (χ0n) is 14.6. The quantitative estimate of drug-likeness (QED) is 0.717. The Hall–Kier alpha value is -0.600. The summed E-state index contributed by atoms with van der Waals surface area (Å²) in [6.07, 6.45) is 8.42. The number of hydrogen-bond donors (Lipinski definition) is 2. The minimum Gasteiger partial charge on any atom is -0.393 e. The lowest BCUT2D eigenvalue weighted by molar-refractivity contribution is -0.145. The number of aliphatic hydroxyl groups excluding tert-OH is 2. The molecule has 0 saturated heterocycles. The average Bonchev–Trinajstić information content (AvgIpc) is 2.46. The Morgan fingerprint density at radius 3 is 2.50 bits per heavy atom. The maximum Gasteiger partial charge on any atom is 0.0637 e. The van der Waals surface area contributed by atoms with Crippen LogP contribution in [0.4, 0.5) is 0 Å². The van der Waals surface area contributed by atoms with Gasteiger partial charge >= 0.3 is 0 Å². The zero-order valence-corrected chi connectivity index (χ0v) is 14.6. The molecule has 2 saturated carbocycles. The second-order valence-electron chi connectivity index (χ2n) is 9.17. The molecule has 0 spiro atoms. The van der Waals surface area contributed by atoms with Crippen molar-refractivity contribution < 1.29 is 10.2 Å². The fraction of sp³-hybridized carbons (Fsp3) is 0.800. The maximum absolute atomic E-state index is 10.9. The van der Waals surface area contributed by atoms with Crippen molar-refractivity contribution in [3.8, 4) is 0 Å². The van der Waals surface area contributed by atoms with Crippen LogP contribution in [0.5, 0.6) is 0 Å². The van der Waals surface area contributed by atoms with E-state index in [1.165, 1.54) is 5.57 Å². The Bertz CT molecular complexity index is 506. The topological polar surface area (TPSA) is 40.5 Å². The van der Waals surface area contributed by atoms with Crippen LogP contribution in [0.3, 0.4) is 0 Å². The van der Waals surface area contributed by atoms with Gasteiger partial charge in [0.1, 0.15) is 0 Å². The van der Waals surface area contributed by atoms with E-state index in [2.05, 4.69) is 40.3 Å². The number of rotatable bonds is 1. The summed E-state index contributed by atoms with van der Waals surface area (Å²) in [6, 6.07) is 0. The molecule has 0 bridgehead atoms. The molecular weight excluding hydrogens is 272 g/mol. The van der Waals surface area contributed by atoms with Gasteiger partial charge in [-0.2, -0.15) is 0 Å². The molecule has 0 aliphatic heterocycles. The highest BCUT2D eigenvalue weighted by atomic mass is 16.3. The number of allylic oxidation sites excluding steroid dienone is 2. The van der Waals surface area contributed by atoms with Gasteiger partial charge in [-0.05, 0) is 49.4 Å². The largest absolute Gasteiger partial charge is 0.393 e. The van der Waals surface area contributed by atoms with E-state index in [4.69, 9.17) is 0 Å². The molecule has 124 valence electrons. The smallest absolute Gasteiger partial charge is 0.0637 e. The normalized spacial score (nSPS) is 50.5. The van der Waals surface area contributed by atoms with Crippen LogP contribution in [-0.2, 0) is 0 Å². The van der Waals surface area contributed by atoms with Crippen molar-refractivity contribution in [3.63, 3.8) is 0 Å². The Morgan fingerprint density at radius 2 is 1.86 bits per heavy atom. The fourth-order valence-electron chi connectivity index (χ4n) is 5.79. The van der Waals surface area contributed by atoms with Gasteiger partial charge in [0.05, 0.1) is 12.2 Å². The Kier molecular flexibility index (Phi) is 3.66. The van der Waals surface area contributed by atoms with Gasteiger partial charge in [-0.25, -0.2) is 0 Å². The molecule has 6 unspecified atom stereocenters.